The van der Waals surface area contributed by atoms with Crippen molar-refractivity contribution in [1.82, 2.24) is 15.2 Å². The number of nitrogens with one attached hydrogen (secondary N) is 1. The maximum atomic E-state index is 11.9. The number of rotatable bonds is 7. The molecular weight excluding hydrogens is 330 g/mol. The Labute approximate surface area is 141 Å². The zero-order valence-electron chi connectivity index (χ0n) is 12.7. The van der Waals surface area contributed by atoms with Crippen molar-refractivity contribution in [3.8, 4) is 5.75 Å². The van der Waals surface area contributed by atoms with Gasteiger partial charge >= 0.3 is 0 Å². The summed E-state index contributed by atoms with van der Waals surface area (Å²) >= 11 is 1.47. The topological polar surface area (TPSA) is 98.1 Å². The number of ether oxygens (including phenoxy) is 1. The minimum atomic E-state index is -0.717. The number of methoxy groups -OCH3 is 1. The molecule has 0 unspecified atom stereocenters. The number of carbonyl (C=O) groups excluding carboxylic acids is 2. The van der Waals surface area contributed by atoms with E-state index in [1.54, 1.807) is 19.4 Å². The van der Waals surface area contributed by atoms with Gasteiger partial charge in [-0.3, -0.25) is 14.7 Å². The third-order valence-corrected chi connectivity index (χ3v) is 4.06. The number of aromatic nitrogens is 3. The molecule has 0 aliphatic heterocycles. The Morgan fingerprint density at radius 1 is 1.29 bits per heavy atom. The summed E-state index contributed by atoms with van der Waals surface area (Å²) in [4.78, 5) is 29.3. The van der Waals surface area contributed by atoms with Gasteiger partial charge in [-0.2, -0.15) is 5.10 Å². The SMILES string of the molecule is COc1cccc(Sc2coc(CC(=O)C(=O)c3ncn[nH]3)c2)c1. The van der Waals surface area contributed by atoms with Crippen LogP contribution >= 0.6 is 11.8 Å². The van der Waals surface area contributed by atoms with E-state index in [-0.39, 0.29) is 12.2 Å². The third kappa shape index (κ3) is 3.72. The quantitative estimate of drug-likeness (QED) is 0.520. The number of aromatic amines is 1. The molecule has 3 aromatic rings. The van der Waals surface area contributed by atoms with Crippen LogP contribution in [0.3, 0.4) is 0 Å². The molecular formula is C16H13N3O4S. The molecule has 0 saturated heterocycles. The van der Waals surface area contributed by atoms with Crippen molar-refractivity contribution >= 4 is 23.3 Å². The van der Waals surface area contributed by atoms with Crippen LogP contribution in [-0.4, -0.2) is 33.9 Å². The molecule has 2 aromatic heterocycles. The number of ketones is 2. The maximum Gasteiger partial charge on any atom is 0.265 e. The van der Waals surface area contributed by atoms with Gasteiger partial charge in [-0.15, -0.1) is 0 Å². The van der Waals surface area contributed by atoms with E-state index < -0.39 is 11.6 Å². The number of furan rings is 1. The Balaban J connectivity index is 1.65. The largest absolute Gasteiger partial charge is 0.497 e. The van der Waals surface area contributed by atoms with Gasteiger partial charge in [-0.05, 0) is 24.3 Å². The molecule has 122 valence electrons. The minimum absolute atomic E-state index is 0.0717. The van der Waals surface area contributed by atoms with Crippen LogP contribution in [0.15, 0.2) is 57.1 Å². The first kappa shape index (κ1) is 16.0. The molecule has 0 aliphatic rings. The van der Waals surface area contributed by atoms with E-state index in [0.29, 0.717) is 5.76 Å². The molecule has 0 fully saturated rings. The number of hydrogen-bond donors (Lipinski definition) is 1. The van der Waals surface area contributed by atoms with E-state index in [1.807, 2.05) is 24.3 Å². The fraction of sp³-hybridized carbons (Fsp3) is 0.125. The van der Waals surface area contributed by atoms with Gasteiger partial charge in [0.1, 0.15) is 24.1 Å². The van der Waals surface area contributed by atoms with Gasteiger partial charge in [-0.25, -0.2) is 4.98 Å². The zero-order valence-corrected chi connectivity index (χ0v) is 13.5. The number of carbonyl (C=O) groups is 2. The molecule has 2 heterocycles. The summed E-state index contributed by atoms with van der Waals surface area (Å²) < 4.78 is 10.5. The lowest BCUT2D eigenvalue weighted by atomic mass is 10.1. The summed E-state index contributed by atoms with van der Waals surface area (Å²) in [6.07, 6.45) is 2.60. The van der Waals surface area contributed by atoms with Crippen molar-refractivity contribution in [3.05, 3.63) is 54.5 Å². The van der Waals surface area contributed by atoms with E-state index >= 15 is 0 Å². The molecule has 8 heteroatoms. The van der Waals surface area contributed by atoms with Crippen molar-refractivity contribution < 1.29 is 18.7 Å². The van der Waals surface area contributed by atoms with E-state index in [2.05, 4.69) is 15.2 Å². The van der Waals surface area contributed by atoms with Gasteiger partial charge in [0.05, 0.1) is 18.4 Å². The molecule has 0 saturated carbocycles. The Morgan fingerprint density at radius 2 is 2.17 bits per heavy atom. The van der Waals surface area contributed by atoms with Crippen LogP contribution in [0, 0.1) is 0 Å². The third-order valence-electron chi connectivity index (χ3n) is 3.12. The van der Waals surface area contributed by atoms with Crippen molar-refractivity contribution in [2.75, 3.05) is 7.11 Å². The molecule has 1 aromatic carbocycles. The Bertz CT molecular complexity index is 858. The molecule has 7 nitrogen and oxygen atoms in total. The predicted molar refractivity (Wildman–Crippen MR) is 85.2 cm³/mol. The van der Waals surface area contributed by atoms with Crippen LogP contribution in [0.4, 0.5) is 0 Å². The van der Waals surface area contributed by atoms with Crippen molar-refractivity contribution in [3.63, 3.8) is 0 Å². The predicted octanol–water partition coefficient (Wildman–Crippen LogP) is 2.55. The summed E-state index contributed by atoms with van der Waals surface area (Å²) in [5.41, 5.74) is 0. The van der Waals surface area contributed by atoms with Gasteiger partial charge < -0.3 is 9.15 Å². The van der Waals surface area contributed by atoms with Crippen molar-refractivity contribution in [2.24, 2.45) is 0 Å². The highest BCUT2D eigenvalue weighted by molar-refractivity contribution is 7.99. The zero-order chi connectivity index (χ0) is 16.9. The number of benzene rings is 1. The minimum Gasteiger partial charge on any atom is -0.497 e. The van der Waals surface area contributed by atoms with E-state index in [0.717, 1.165) is 15.5 Å². The second-order valence-electron chi connectivity index (χ2n) is 4.79. The first-order valence-electron chi connectivity index (χ1n) is 6.98. The smallest absolute Gasteiger partial charge is 0.265 e. The lowest BCUT2D eigenvalue weighted by molar-refractivity contribution is -0.114. The Hall–Kier alpha value is -2.87. The van der Waals surface area contributed by atoms with Gasteiger partial charge in [0.2, 0.25) is 5.78 Å². The first-order chi connectivity index (χ1) is 11.7. The second kappa shape index (κ2) is 7.14. The lowest BCUT2D eigenvalue weighted by Gasteiger charge is -2.02. The average molecular weight is 343 g/mol. The summed E-state index contributed by atoms with van der Waals surface area (Å²) in [7, 11) is 1.61. The summed E-state index contributed by atoms with van der Waals surface area (Å²) in [6.45, 7) is 0. The fourth-order valence-corrected chi connectivity index (χ4v) is 2.87. The standard InChI is InChI=1S/C16H13N3O4S/c1-22-10-3-2-4-12(5-10)24-13-6-11(23-8-13)7-14(20)15(21)16-17-9-18-19-16/h2-6,8-9H,7H2,1H3,(H,17,18,19). The molecule has 0 radical (unpaired) electrons. The van der Waals surface area contributed by atoms with Crippen molar-refractivity contribution in [2.45, 2.75) is 16.2 Å². The van der Waals surface area contributed by atoms with Crippen molar-refractivity contribution in [1.29, 1.82) is 0 Å². The van der Waals surface area contributed by atoms with E-state index in [4.69, 9.17) is 9.15 Å². The van der Waals surface area contributed by atoms with Crippen LogP contribution in [0.5, 0.6) is 5.75 Å². The highest BCUT2D eigenvalue weighted by Crippen LogP contribution is 2.31. The number of hydrogen-bond acceptors (Lipinski definition) is 7. The molecule has 0 bridgehead atoms. The summed E-state index contributed by atoms with van der Waals surface area (Å²) in [6, 6.07) is 9.32. The Kier molecular flexibility index (Phi) is 4.76. The summed E-state index contributed by atoms with van der Waals surface area (Å²) in [5, 5.41) is 5.93. The second-order valence-corrected chi connectivity index (χ2v) is 5.94. The lowest BCUT2D eigenvalue weighted by Crippen LogP contribution is -2.17. The van der Waals surface area contributed by atoms with Crippen LogP contribution in [0.2, 0.25) is 0 Å². The summed E-state index contributed by atoms with van der Waals surface area (Å²) in [5.74, 6) is -0.225. The van der Waals surface area contributed by atoms with Crippen LogP contribution in [-0.2, 0) is 11.2 Å². The molecule has 0 aliphatic carbocycles. The normalized spacial score (nSPS) is 10.5. The number of H-pyrrole nitrogens is 1. The monoisotopic (exact) mass is 343 g/mol. The van der Waals surface area contributed by atoms with Crippen LogP contribution in [0.1, 0.15) is 16.4 Å². The highest BCUT2D eigenvalue weighted by atomic mass is 32.2. The molecule has 24 heavy (non-hydrogen) atoms. The molecule has 0 amide bonds. The molecule has 0 spiro atoms. The van der Waals surface area contributed by atoms with Gasteiger partial charge in [-0.1, -0.05) is 17.8 Å². The average Bonchev–Trinajstić information content (AvgIpc) is 3.26. The number of nitrogens with zero attached hydrogens (tertiary/aromatic N) is 2. The first-order valence-corrected chi connectivity index (χ1v) is 7.79. The molecule has 3 rings (SSSR count). The fourth-order valence-electron chi connectivity index (χ4n) is 1.99. The van der Waals surface area contributed by atoms with Gasteiger partial charge in [0, 0.05) is 4.90 Å². The molecule has 0 atom stereocenters. The van der Waals surface area contributed by atoms with Gasteiger partial charge in [0.15, 0.2) is 5.82 Å². The van der Waals surface area contributed by atoms with E-state index in [9.17, 15) is 9.59 Å². The van der Waals surface area contributed by atoms with E-state index in [1.165, 1.54) is 18.1 Å². The maximum absolute atomic E-state index is 11.9. The molecule has 1 N–H and O–H groups in total. The van der Waals surface area contributed by atoms with Crippen LogP contribution in [0.25, 0.3) is 0 Å². The van der Waals surface area contributed by atoms with Crippen LogP contribution < -0.4 is 4.74 Å². The van der Waals surface area contributed by atoms with Gasteiger partial charge in [0.25, 0.3) is 5.78 Å². The Morgan fingerprint density at radius 3 is 2.92 bits per heavy atom. The number of Topliss-reactive ketones (excluding diaryl/α,β-unsaturated/α-hetero) is 2. The highest BCUT2D eigenvalue weighted by Gasteiger charge is 2.20.